The zero-order valence-electron chi connectivity index (χ0n) is 10.3. The normalized spacial score (nSPS) is 22.8. The molecule has 3 N–H and O–H groups in total. The van der Waals surface area contributed by atoms with Gasteiger partial charge in [0.25, 0.3) is 5.56 Å². The van der Waals surface area contributed by atoms with Crippen LogP contribution in [0.25, 0.3) is 10.9 Å². The van der Waals surface area contributed by atoms with E-state index in [-0.39, 0.29) is 5.56 Å². The number of hydrogen-bond donors (Lipinski definition) is 3. The molecule has 0 spiro atoms. The van der Waals surface area contributed by atoms with Crippen molar-refractivity contribution >= 4 is 28.6 Å². The van der Waals surface area contributed by atoms with Crippen LogP contribution in [0.5, 0.6) is 0 Å². The summed E-state index contributed by atoms with van der Waals surface area (Å²) in [6, 6.07) is 7.20. The van der Waals surface area contributed by atoms with Crippen molar-refractivity contribution < 1.29 is 5.11 Å². The fraction of sp³-hybridized carbons (Fsp3) is 0.385. The molecule has 3 rings (SSSR count). The van der Waals surface area contributed by atoms with Crippen molar-refractivity contribution in [1.29, 1.82) is 0 Å². The van der Waals surface area contributed by atoms with E-state index < -0.39 is 5.60 Å². The average molecular weight is 277 g/mol. The first-order valence-electron chi connectivity index (χ1n) is 6.19. The number of thioether (sulfide) groups is 1. The van der Waals surface area contributed by atoms with E-state index in [1.807, 2.05) is 12.1 Å². The summed E-state index contributed by atoms with van der Waals surface area (Å²) in [6.45, 7) is 0.404. The lowest BCUT2D eigenvalue weighted by Crippen LogP contribution is -2.37. The summed E-state index contributed by atoms with van der Waals surface area (Å²) in [5.74, 6) is 2.10. The first kappa shape index (κ1) is 12.5. The zero-order valence-corrected chi connectivity index (χ0v) is 11.2. The number of rotatable bonds is 3. The monoisotopic (exact) mass is 277 g/mol. The number of benzene rings is 1. The summed E-state index contributed by atoms with van der Waals surface area (Å²) >= 11 is 1.74. The molecule has 0 amide bonds. The second-order valence-corrected chi connectivity index (χ2v) is 5.92. The van der Waals surface area contributed by atoms with E-state index in [0.717, 1.165) is 17.9 Å². The summed E-state index contributed by atoms with van der Waals surface area (Å²) in [6.07, 6.45) is 0.766. The zero-order chi connectivity index (χ0) is 13.3. The van der Waals surface area contributed by atoms with Gasteiger partial charge in [0.1, 0.15) is 0 Å². The molecule has 1 aromatic heterocycles. The molecule has 1 atom stereocenters. The molecule has 1 aliphatic heterocycles. The Hall–Kier alpha value is -1.53. The Labute approximate surface area is 114 Å². The molecule has 5 nitrogen and oxygen atoms in total. The molecule has 19 heavy (non-hydrogen) atoms. The van der Waals surface area contributed by atoms with Crippen LogP contribution in [0.15, 0.2) is 29.1 Å². The highest BCUT2D eigenvalue weighted by atomic mass is 32.2. The van der Waals surface area contributed by atoms with E-state index in [0.29, 0.717) is 23.4 Å². The highest BCUT2D eigenvalue weighted by molar-refractivity contribution is 7.99. The summed E-state index contributed by atoms with van der Waals surface area (Å²) in [5.41, 5.74) is -0.211. The molecule has 0 saturated carbocycles. The van der Waals surface area contributed by atoms with Crippen LogP contribution in [0, 0.1) is 0 Å². The molecule has 1 fully saturated rings. The van der Waals surface area contributed by atoms with Crippen molar-refractivity contribution in [2.75, 3.05) is 23.4 Å². The van der Waals surface area contributed by atoms with Gasteiger partial charge in [-0.3, -0.25) is 9.78 Å². The van der Waals surface area contributed by atoms with Crippen LogP contribution in [0.4, 0.5) is 5.95 Å². The minimum absolute atomic E-state index is 0.166. The number of hydrogen-bond acceptors (Lipinski definition) is 5. The molecule has 2 aromatic rings. The van der Waals surface area contributed by atoms with Gasteiger partial charge >= 0.3 is 0 Å². The Kier molecular flexibility index (Phi) is 3.20. The minimum atomic E-state index is -0.700. The number of fused-ring (bicyclic) bond motifs is 1. The van der Waals surface area contributed by atoms with Crippen LogP contribution in [0.3, 0.4) is 0 Å². The molecule has 1 aliphatic rings. The Morgan fingerprint density at radius 2 is 2.32 bits per heavy atom. The first-order valence-corrected chi connectivity index (χ1v) is 7.35. The topological polar surface area (TPSA) is 78.0 Å². The summed E-state index contributed by atoms with van der Waals surface area (Å²) in [7, 11) is 0. The van der Waals surface area contributed by atoms with Gasteiger partial charge in [-0.15, -0.1) is 0 Å². The third kappa shape index (κ3) is 2.59. The van der Waals surface area contributed by atoms with E-state index >= 15 is 0 Å². The Balaban J connectivity index is 1.83. The Morgan fingerprint density at radius 1 is 1.47 bits per heavy atom. The molecular formula is C13H15N3O2S. The van der Waals surface area contributed by atoms with Crippen molar-refractivity contribution in [3.8, 4) is 0 Å². The lowest BCUT2D eigenvalue weighted by atomic mass is 10.0. The molecular weight excluding hydrogens is 262 g/mol. The molecule has 0 bridgehead atoms. The van der Waals surface area contributed by atoms with E-state index in [9.17, 15) is 9.90 Å². The Morgan fingerprint density at radius 3 is 3.11 bits per heavy atom. The number of aromatic nitrogens is 2. The molecule has 2 heterocycles. The van der Waals surface area contributed by atoms with Crippen LogP contribution in [0.2, 0.25) is 0 Å². The molecule has 6 heteroatoms. The summed E-state index contributed by atoms with van der Waals surface area (Å²) in [4.78, 5) is 18.9. The first-order chi connectivity index (χ1) is 9.16. The highest BCUT2D eigenvalue weighted by Crippen LogP contribution is 2.27. The molecule has 100 valence electrons. The highest BCUT2D eigenvalue weighted by Gasteiger charge is 2.31. The number of H-pyrrole nitrogens is 1. The van der Waals surface area contributed by atoms with Gasteiger partial charge in [0.2, 0.25) is 5.95 Å². The van der Waals surface area contributed by atoms with Crippen LogP contribution >= 0.6 is 11.8 Å². The van der Waals surface area contributed by atoms with Crippen molar-refractivity contribution in [2.45, 2.75) is 12.0 Å². The van der Waals surface area contributed by atoms with E-state index in [1.54, 1.807) is 23.9 Å². The molecule has 1 unspecified atom stereocenters. The molecule has 1 saturated heterocycles. The number of nitrogens with zero attached hydrogens (tertiary/aromatic N) is 1. The predicted molar refractivity (Wildman–Crippen MR) is 77.7 cm³/mol. The van der Waals surface area contributed by atoms with Crippen molar-refractivity contribution in [2.24, 2.45) is 0 Å². The van der Waals surface area contributed by atoms with Crippen LogP contribution in [-0.2, 0) is 0 Å². The number of aromatic amines is 1. The SMILES string of the molecule is O=c1[nH]c(NCC2(O)CCSC2)nc2ccccc12. The maximum Gasteiger partial charge on any atom is 0.260 e. The van der Waals surface area contributed by atoms with E-state index in [2.05, 4.69) is 15.3 Å². The Bertz CT molecular complexity index is 650. The molecule has 1 aromatic carbocycles. The maximum atomic E-state index is 11.9. The number of para-hydroxylation sites is 1. The summed E-state index contributed by atoms with van der Waals surface area (Å²) < 4.78 is 0. The van der Waals surface area contributed by atoms with Gasteiger partial charge in [-0.25, -0.2) is 4.98 Å². The van der Waals surface area contributed by atoms with E-state index in [1.165, 1.54) is 0 Å². The van der Waals surface area contributed by atoms with Crippen molar-refractivity contribution in [1.82, 2.24) is 9.97 Å². The largest absolute Gasteiger partial charge is 0.387 e. The second-order valence-electron chi connectivity index (χ2n) is 4.81. The number of nitrogens with one attached hydrogen (secondary N) is 2. The smallest absolute Gasteiger partial charge is 0.260 e. The number of aliphatic hydroxyl groups is 1. The van der Waals surface area contributed by atoms with Crippen LogP contribution in [0.1, 0.15) is 6.42 Å². The van der Waals surface area contributed by atoms with Gasteiger partial charge in [0.05, 0.1) is 16.5 Å². The average Bonchev–Trinajstić information content (AvgIpc) is 2.84. The predicted octanol–water partition coefficient (Wildman–Crippen LogP) is 1.20. The minimum Gasteiger partial charge on any atom is -0.387 e. The lowest BCUT2D eigenvalue weighted by molar-refractivity contribution is 0.0818. The van der Waals surface area contributed by atoms with Gasteiger partial charge in [-0.05, 0) is 24.3 Å². The number of anilines is 1. The maximum absolute atomic E-state index is 11.9. The van der Waals surface area contributed by atoms with Gasteiger partial charge in [0, 0.05) is 12.3 Å². The fourth-order valence-corrected chi connectivity index (χ4v) is 3.45. The quantitative estimate of drug-likeness (QED) is 0.786. The van der Waals surface area contributed by atoms with Gasteiger partial charge in [-0.1, -0.05) is 12.1 Å². The van der Waals surface area contributed by atoms with Gasteiger partial charge in [0.15, 0.2) is 0 Å². The second kappa shape index (κ2) is 4.86. The van der Waals surface area contributed by atoms with Crippen LogP contribution in [-0.4, -0.2) is 38.7 Å². The third-order valence-electron chi connectivity index (χ3n) is 3.28. The van der Waals surface area contributed by atoms with Crippen molar-refractivity contribution in [3.63, 3.8) is 0 Å². The van der Waals surface area contributed by atoms with Gasteiger partial charge in [-0.2, -0.15) is 11.8 Å². The molecule has 0 radical (unpaired) electrons. The van der Waals surface area contributed by atoms with Crippen LogP contribution < -0.4 is 10.9 Å². The fourth-order valence-electron chi connectivity index (χ4n) is 2.15. The van der Waals surface area contributed by atoms with Gasteiger partial charge < -0.3 is 10.4 Å². The third-order valence-corrected chi connectivity index (χ3v) is 4.51. The lowest BCUT2D eigenvalue weighted by Gasteiger charge is -2.21. The summed E-state index contributed by atoms with van der Waals surface area (Å²) in [5, 5.41) is 13.8. The van der Waals surface area contributed by atoms with E-state index in [4.69, 9.17) is 0 Å². The molecule has 0 aliphatic carbocycles. The standard InChI is InChI=1S/C13H15N3O2S/c17-11-9-3-1-2-4-10(9)15-12(16-11)14-7-13(18)5-6-19-8-13/h1-4,18H,5-8H2,(H2,14,15,16,17). The van der Waals surface area contributed by atoms with Crippen molar-refractivity contribution in [3.05, 3.63) is 34.6 Å².